The van der Waals surface area contributed by atoms with Gasteiger partial charge in [0.05, 0.1) is 0 Å². The predicted molar refractivity (Wildman–Crippen MR) is 44.5 cm³/mol. The molecule has 0 bridgehead atoms. The molecule has 0 saturated heterocycles. The van der Waals surface area contributed by atoms with Crippen LogP contribution in [-0.2, 0) is 9.16 Å². The number of hydrogen-bond acceptors (Lipinski definition) is 3. The number of nitrogens with one attached hydrogen (secondary N) is 1. The van der Waals surface area contributed by atoms with E-state index in [1.54, 1.807) is 7.11 Å². The van der Waals surface area contributed by atoms with Gasteiger partial charge in [-0.2, -0.15) is 0 Å². The van der Waals surface area contributed by atoms with E-state index in [0.29, 0.717) is 0 Å². The lowest BCUT2D eigenvalue weighted by Gasteiger charge is -2.10. The highest BCUT2D eigenvalue weighted by atomic mass is 28.3. The average Bonchev–Trinajstić information content (AvgIpc) is 1.99. The molecule has 0 rings (SSSR count). The summed E-state index contributed by atoms with van der Waals surface area (Å²) in [5.41, 5.74) is 0. The maximum atomic E-state index is 5.19. The summed E-state index contributed by atoms with van der Waals surface area (Å²) >= 11 is 0. The van der Waals surface area contributed by atoms with E-state index in [1.807, 2.05) is 14.0 Å². The molecule has 1 N–H and O–H groups in total. The van der Waals surface area contributed by atoms with E-state index in [4.69, 9.17) is 9.16 Å². The maximum Gasteiger partial charge on any atom is 0.253 e. The molecule has 0 spiro atoms. The van der Waals surface area contributed by atoms with Crippen molar-refractivity contribution in [3.8, 4) is 0 Å². The zero-order chi connectivity index (χ0) is 7.82. The molecular formula is C6H17NO2Si. The lowest BCUT2D eigenvalue weighted by molar-refractivity contribution is 0.158. The van der Waals surface area contributed by atoms with Gasteiger partial charge in [0, 0.05) is 26.4 Å². The smallest absolute Gasteiger partial charge is 0.253 e. The first-order chi connectivity index (χ1) is 4.85. The van der Waals surface area contributed by atoms with Crippen LogP contribution in [0.25, 0.3) is 0 Å². The van der Waals surface area contributed by atoms with Crippen molar-refractivity contribution in [1.29, 1.82) is 0 Å². The van der Waals surface area contributed by atoms with Crippen LogP contribution in [0, 0.1) is 0 Å². The highest BCUT2D eigenvalue weighted by Gasteiger charge is 2.05. The summed E-state index contributed by atoms with van der Waals surface area (Å²) in [4.78, 5) is 3.15. The molecule has 0 heterocycles. The minimum absolute atomic E-state index is 0.800. The SMILES string of the molecule is CCOCC[SiH](NC)OC. The van der Waals surface area contributed by atoms with Crippen LogP contribution in [0.15, 0.2) is 0 Å². The molecule has 0 radical (unpaired) electrons. The zero-order valence-corrected chi connectivity index (χ0v) is 8.17. The van der Waals surface area contributed by atoms with Gasteiger partial charge in [0.15, 0.2) is 0 Å². The molecule has 0 aliphatic carbocycles. The Bertz CT molecular complexity index is 68.8. The van der Waals surface area contributed by atoms with Gasteiger partial charge in [0.2, 0.25) is 0 Å². The molecule has 0 aromatic heterocycles. The minimum atomic E-state index is -1.10. The molecule has 1 unspecified atom stereocenters. The quantitative estimate of drug-likeness (QED) is 0.445. The number of ether oxygens (including phenoxy) is 1. The van der Waals surface area contributed by atoms with Crippen LogP contribution in [0.4, 0.5) is 0 Å². The number of rotatable bonds is 6. The summed E-state index contributed by atoms with van der Waals surface area (Å²) in [5, 5.41) is 0. The summed E-state index contributed by atoms with van der Waals surface area (Å²) in [5.74, 6) is 0. The monoisotopic (exact) mass is 163 g/mol. The van der Waals surface area contributed by atoms with Gasteiger partial charge >= 0.3 is 0 Å². The Balaban J connectivity index is 3.09. The molecule has 1 atom stereocenters. The largest absolute Gasteiger partial charge is 0.409 e. The Morgan fingerprint density at radius 2 is 2.20 bits per heavy atom. The Labute approximate surface area is 64.5 Å². The zero-order valence-electron chi connectivity index (χ0n) is 7.02. The van der Waals surface area contributed by atoms with Gasteiger partial charge in [-0.1, -0.05) is 0 Å². The molecular weight excluding hydrogens is 146 g/mol. The van der Waals surface area contributed by atoms with Crippen molar-refractivity contribution in [2.24, 2.45) is 0 Å². The second-order valence-corrected chi connectivity index (χ2v) is 4.60. The first-order valence-electron chi connectivity index (χ1n) is 3.63. The molecule has 0 saturated carbocycles. The van der Waals surface area contributed by atoms with Crippen LogP contribution in [0.1, 0.15) is 6.92 Å². The summed E-state index contributed by atoms with van der Waals surface area (Å²) in [7, 11) is 2.59. The molecule has 10 heavy (non-hydrogen) atoms. The minimum Gasteiger partial charge on any atom is -0.409 e. The van der Waals surface area contributed by atoms with Gasteiger partial charge < -0.3 is 14.1 Å². The fourth-order valence-corrected chi connectivity index (χ4v) is 1.86. The second kappa shape index (κ2) is 7.21. The topological polar surface area (TPSA) is 30.5 Å². The van der Waals surface area contributed by atoms with Crippen molar-refractivity contribution in [3.63, 3.8) is 0 Å². The Hall–Kier alpha value is 0.0969. The van der Waals surface area contributed by atoms with Crippen molar-refractivity contribution < 1.29 is 9.16 Å². The van der Waals surface area contributed by atoms with Crippen LogP contribution in [0.2, 0.25) is 6.04 Å². The highest BCUT2D eigenvalue weighted by Crippen LogP contribution is 1.89. The fourth-order valence-electron chi connectivity index (χ4n) is 0.715. The first kappa shape index (κ1) is 10.1. The lowest BCUT2D eigenvalue weighted by Crippen LogP contribution is -2.33. The molecule has 62 valence electrons. The Kier molecular flexibility index (Phi) is 7.28. The second-order valence-electron chi connectivity index (χ2n) is 2.00. The Morgan fingerprint density at radius 3 is 2.60 bits per heavy atom. The van der Waals surface area contributed by atoms with Crippen LogP contribution in [0.3, 0.4) is 0 Å². The van der Waals surface area contributed by atoms with Crippen molar-refractivity contribution >= 4 is 9.20 Å². The van der Waals surface area contributed by atoms with Crippen molar-refractivity contribution in [3.05, 3.63) is 0 Å². The standard InChI is InChI=1S/C6H17NO2Si/c1-4-9-5-6-10(7-2)8-3/h7,10H,4-6H2,1-3H3. The van der Waals surface area contributed by atoms with Crippen LogP contribution in [0.5, 0.6) is 0 Å². The van der Waals surface area contributed by atoms with Gasteiger partial charge in [-0.25, -0.2) is 0 Å². The van der Waals surface area contributed by atoms with E-state index in [1.165, 1.54) is 0 Å². The summed E-state index contributed by atoms with van der Waals surface area (Å²) in [6.07, 6.45) is 0. The molecule has 0 aliphatic heterocycles. The average molecular weight is 163 g/mol. The van der Waals surface area contributed by atoms with E-state index in [0.717, 1.165) is 19.3 Å². The van der Waals surface area contributed by atoms with Gasteiger partial charge in [0.25, 0.3) is 9.20 Å². The highest BCUT2D eigenvalue weighted by molar-refractivity contribution is 6.48. The van der Waals surface area contributed by atoms with E-state index >= 15 is 0 Å². The third-order valence-corrected chi connectivity index (χ3v) is 3.31. The van der Waals surface area contributed by atoms with E-state index in [2.05, 4.69) is 4.98 Å². The molecule has 4 heteroatoms. The predicted octanol–water partition coefficient (Wildman–Crippen LogP) is 0.109. The van der Waals surface area contributed by atoms with E-state index in [-0.39, 0.29) is 0 Å². The van der Waals surface area contributed by atoms with Gasteiger partial charge in [-0.3, -0.25) is 0 Å². The van der Waals surface area contributed by atoms with Crippen molar-refractivity contribution in [1.82, 2.24) is 4.98 Å². The molecule has 0 fully saturated rings. The summed E-state index contributed by atoms with van der Waals surface area (Å²) in [6, 6.07) is 1.04. The molecule has 0 amide bonds. The van der Waals surface area contributed by atoms with Gasteiger partial charge in [-0.15, -0.1) is 0 Å². The van der Waals surface area contributed by atoms with Crippen molar-refractivity contribution in [2.45, 2.75) is 13.0 Å². The summed E-state index contributed by atoms with van der Waals surface area (Å²) < 4.78 is 10.4. The third kappa shape index (κ3) is 4.93. The molecule has 3 nitrogen and oxygen atoms in total. The third-order valence-electron chi connectivity index (χ3n) is 1.33. The van der Waals surface area contributed by atoms with Crippen LogP contribution < -0.4 is 4.98 Å². The Morgan fingerprint density at radius 1 is 1.50 bits per heavy atom. The maximum absolute atomic E-state index is 5.19. The first-order valence-corrected chi connectivity index (χ1v) is 5.49. The number of hydrogen-bond donors (Lipinski definition) is 1. The molecule has 0 aromatic rings. The normalized spacial score (nSPS) is 13.5. The van der Waals surface area contributed by atoms with E-state index < -0.39 is 9.20 Å². The van der Waals surface area contributed by atoms with Crippen molar-refractivity contribution in [2.75, 3.05) is 27.4 Å². The molecule has 0 aromatic carbocycles. The van der Waals surface area contributed by atoms with Crippen LogP contribution >= 0.6 is 0 Å². The van der Waals surface area contributed by atoms with Gasteiger partial charge in [0.1, 0.15) is 0 Å². The lowest BCUT2D eigenvalue weighted by atomic mass is 10.8. The fraction of sp³-hybridized carbons (Fsp3) is 1.00. The van der Waals surface area contributed by atoms with Crippen LogP contribution in [-0.4, -0.2) is 36.6 Å². The van der Waals surface area contributed by atoms with Gasteiger partial charge in [-0.05, 0) is 14.0 Å². The van der Waals surface area contributed by atoms with E-state index in [9.17, 15) is 0 Å². The molecule has 0 aliphatic rings. The summed E-state index contributed by atoms with van der Waals surface area (Å²) in [6.45, 7) is 3.62.